The Morgan fingerprint density at radius 3 is 1.43 bits per heavy atom. The van der Waals surface area contributed by atoms with E-state index < -0.39 is 83.9 Å². The molecule has 0 radical (unpaired) electrons. The summed E-state index contributed by atoms with van der Waals surface area (Å²) in [6.45, 7) is 0.536. The zero-order valence-corrected chi connectivity index (χ0v) is 27.4. The predicted octanol–water partition coefficient (Wildman–Crippen LogP) is 8.22. The van der Waals surface area contributed by atoms with Crippen molar-refractivity contribution in [2.75, 3.05) is 13.1 Å². The summed E-state index contributed by atoms with van der Waals surface area (Å²) < 4.78 is 181. The highest BCUT2D eigenvalue weighted by Gasteiger charge is 2.53. The normalized spacial score (nSPS) is 15.7. The maximum absolute atomic E-state index is 14.4. The van der Waals surface area contributed by atoms with Crippen LogP contribution in [0.1, 0.15) is 29.5 Å². The van der Waals surface area contributed by atoms with Gasteiger partial charge in [-0.2, -0.15) is 43.9 Å². The van der Waals surface area contributed by atoms with E-state index >= 15 is 0 Å². The minimum Gasteiger partial charge on any atom is -0.317 e. The van der Waals surface area contributed by atoms with Crippen molar-refractivity contribution >= 4 is 51.5 Å². The Labute approximate surface area is 272 Å². The molecule has 1 aliphatic rings. The van der Waals surface area contributed by atoms with Crippen LogP contribution >= 0.6 is 31.9 Å². The van der Waals surface area contributed by atoms with Gasteiger partial charge in [-0.05, 0) is 106 Å². The summed E-state index contributed by atoms with van der Waals surface area (Å²) >= 11 is 5.28. The molecular weight excluding hydrogens is 818 g/mol. The van der Waals surface area contributed by atoms with Crippen molar-refractivity contribution in [3.05, 3.63) is 86.6 Å². The minimum absolute atomic E-state index is 0.0233. The molecule has 1 aliphatic heterocycles. The lowest BCUT2D eigenvalue weighted by Gasteiger charge is -2.30. The second kappa shape index (κ2) is 13.7. The number of pyridine rings is 1. The molecule has 0 unspecified atom stereocenters. The van der Waals surface area contributed by atoms with Crippen LogP contribution in [0.15, 0.2) is 79.7 Å². The van der Waals surface area contributed by atoms with Gasteiger partial charge in [0.25, 0.3) is 0 Å². The standard InChI is InChI=1S/C13H13BrF5NO2S.C13H7BrF5NO2S/c2*14-10-7-9(12(15,16)17)1-2-11(10)23(21,22)13(18,19)8-3-5-20-6-4-8/h1-2,7-8,20H,3-6H2;1-7H. The van der Waals surface area contributed by atoms with Gasteiger partial charge in [-0.1, -0.05) is 0 Å². The van der Waals surface area contributed by atoms with Crippen LogP contribution in [-0.2, 0) is 37.3 Å². The average molecular weight is 838 g/mol. The molecule has 0 amide bonds. The van der Waals surface area contributed by atoms with Crippen LogP contribution in [0.5, 0.6) is 0 Å². The molecule has 1 fully saturated rings. The van der Waals surface area contributed by atoms with Gasteiger partial charge in [-0.15, -0.1) is 0 Å². The van der Waals surface area contributed by atoms with Crippen molar-refractivity contribution < 1.29 is 60.7 Å². The lowest BCUT2D eigenvalue weighted by molar-refractivity contribution is -0.138. The number of halogens is 12. The molecule has 1 N–H and O–H groups in total. The number of aromatic nitrogens is 1. The van der Waals surface area contributed by atoms with Crippen LogP contribution in [0.3, 0.4) is 0 Å². The minimum atomic E-state index is -5.26. The third-order valence-electron chi connectivity index (χ3n) is 6.62. The van der Waals surface area contributed by atoms with Crippen LogP contribution in [-0.4, -0.2) is 40.2 Å². The topological polar surface area (TPSA) is 93.2 Å². The first kappa shape index (κ1) is 38.2. The van der Waals surface area contributed by atoms with Gasteiger partial charge in [-0.3, -0.25) is 4.98 Å². The summed E-state index contributed by atoms with van der Waals surface area (Å²) in [6.07, 6.45) is -7.49. The number of hydrogen-bond donors (Lipinski definition) is 1. The third kappa shape index (κ3) is 7.87. The fourth-order valence-electron chi connectivity index (χ4n) is 4.15. The number of benzene rings is 2. The molecule has 1 saturated heterocycles. The predicted molar refractivity (Wildman–Crippen MR) is 151 cm³/mol. The number of sulfone groups is 2. The highest BCUT2D eigenvalue weighted by molar-refractivity contribution is 9.10. The van der Waals surface area contributed by atoms with E-state index in [1.807, 2.05) is 0 Å². The van der Waals surface area contributed by atoms with E-state index in [2.05, 4.69) is 42.2 Å². The number of alkyl halides is 10. The zero-order chi connectivity index (χ0) is 34.9. The number of hydrogen-bond acceptors (Lipinski definition) is 6. The van der Waals surface area contributed by atoms with E-state index in [1.54, 1.807) is 0 Å². The Kier molecular flexibility index (Phi) is 11.3. The molecule has 46 heavy (non-hydrogen) atoms. The summed E-state index contributed by atoms with van der Waals surface area (Å²) in [7, 11) is -10.4. The summed E-state index contributed by atoms with van der Waals surface area (Å²) in [5.74, 6) is -1.37. The van der Waals surface area contributed by atoms with E-state index in [9.17, 15) is 60.7 Å². The molecule has 0 aliphatic carbocycles. The van der Waals surface area contributed by atoms with Gasteiger partial charge in [-0.25, -0.2) is 16.8 Å². The van der Waals surface area contributed by atoms with Crippen molar-refractivity contribution in [1.82, 2.24) is 10.3 Å². The van der Waals surface area contributed by atoms with Crippen LogP contribution < -0.4 is 5.32 Å². The van der Waals surface area contributed by atoms with Crippen molar-refractivity contribution in [2.24, 2.45) is 5.92 Å². The highest BCUT2D eigenvalue weighted by atomic mass is 79.9. The number of nitrogens with zero attached hydrogens (tertiary/aromatic N) is 1. The molecule has 254 valence electrons. The van der Waals surface area contributed by atoms with Gasteiger partial charge in [0, 0.05) is 32.8 Å². The average Bonchev–Trinajstić information content (AvgIpc) is 2.97. The van der Waals surface area contributed by atoms with Crippen LogP contribution in [0.2, 0.25) is 0 Å². The van der Waals surface area contributed by atoms with E-state index in [0.29, 0.717) is 36.4 Å². The first-order chi connectivity index (χ1) is 21.0. The Balaban J connectivity index is 0.000000250. The van der Waals surface area contributed by atoms with Gasteiger partial charge in [0.1, 0.15) is 0 Å². The van der Waals surface area contributed by atoms with E-state index in [4.69, 9.17) is 0 Å². The quantitative estimate of drug-likeness (QED) is 0.252. The maximum atomic E-state index is 14.4. The van der Waals surface area contributed by atoms with E-state index in [-0.39, 0.29) is 25.9 Å². The maximum Gasteiger partial charge on any atom is 0.416 e. The Bertz CT molecular complexity index is 1770. The molecule has 3 aromatic rings. The van der Waals surface area contributed by atoms with Gasteiger partial charge < -0.3 is 5.32 Å². The van der Waals surface area contributed by atoms with Crippen LogP contribution in [0.4, 0.5) is 43.9 Å². The molecule has 2 aromatic carbocycles. The Morgan fingerprint density at radius 2 is 1.04 bits per heavy atom. The van der Waals surface area contributed by atoms with Gasteiger partial charge in [0.05, 0.1) is 20.9 Å². The second-order valence-electron chi connectivity index (χ2n) is 9.63. The monoisotopic (exact) mass is 836 g/mol. The Hall–Kier alpha value is -2.29. The molecule has 20 heteroatoms. The summed E-state index contributed by atoms with van der Waals surface area (Å²) in [5, 5.41) is -5.51. The van der Waals surface area contributed by atoms with Crippen molar-refractivity contribution in [2.45, 2.75) is 45.5 Å². The lowest BCUT2D eigenvalue weighted by atomic mass is 9.99. The van der Waals surface area contributed by atoms with E-state index in [0.717, 1.165) is 24.5 Å². The third-order valence-corrected chi connectivity index (χ3v) is 12.3. The van der Waals surface area contributed by atoms with Crippen molar-refractivity contribution in [3.8, 4) is 0 Å². The molecule has 2 heterocycles. The molecule has 0 saturated carbocycles. The molecule has 0 spiro atoms. The first-order valence-electron chi connectivity index (χ1n) is 12.5. The second-order valence-corrected chi connectivity index (χ2v) is 15.3. The summed E-state index contributed by atoms with van der Waals surface area (Å²) in [6, 6.07) is 4.54. The van der Waals surface area contributed by atoms with Crippen molar-refractivity contribution in [1.29, 1.82) is 0 Å². The van der Waals surface area contributed by atoms with E-state index in [1.165, 1.54) is 0 Å². The molecule has 1 aromatic heterocycles. The SMILES string of the molecule is O=S(=O)(c1ccc(C(F)(F)F)cc1Br)C(F)(F)C1CCNCC1.O=S(=O)(c1ccc(C(F)(F)F)cc1Br)C(F)(F)c1ccncc1. The largest absolute Gasteiger partial charge is 0.416 e. The fourth-order valence-corrected chi connectivity index (χ4v) is 9.01. The zero-order valence-electron chi connectivity index (χ0n) is 22.6. The van der Waals surface area contributed by atoms with Gasteiger partial charge in [0.2, 0.25) is 19.7 Å². The fraction of sp³-hybridized carbons (Fsp3) is 0.346. The van der Waals surface area contributed by atoms with Crippen molar-refractivity contribution in [3.63, 3.8) is 0 Å². The molecule has 6 nitrogen and oxygen atoms in total. The molecular formula is C26H20Br2F10N2O4S2. The Morgan fingerprint density at radius 1 is 0.630 bits per heavy atom. The van der Waals surface area contributed by atoms with Gasteiger partial charge in [0.15, 0.2) is 0 Å². The smallest absolute Gasteiger partial charge is 0.317 e. The molecule has 0 bridgehead atoms. The van der Waals surface area contributed by atoms with Gasteiger partial charge >= 0.3 is 22.9 Å². The summed E-state index contributed by atoms with van der Waals surface area (Å²) in [4.78, 5) is 1.73. The number of piperidine rings is 1. The molecule has 4 rings (SSSR count). The number of nitrogens with one attached hydrogen (secondary N) is 1. The lowest BCUT2D eigenvalue weighted by Crippen LogP contribution is -2.43. The van der Waals surface area contributed by atoms with Crippen LogP contribution in [0.25, 0.3) is 0 Å². The first-order valence-corrected chi connectivity index (χ1v) is 17.1. The molecule has 0 atom stereocenters. The van der Waals surface area contributed by atoms with Crippen LogP contribution in [0, 0.1) is 5.92 Å². The highest BCUT2D eigenvalue weighted by Crippen LogP contribution is 2.44. The number of rotatable bonds is 6. The summed E-state index contributed by atoms with van der Waals surface area (Å²) in [5.41, 5.74) is -3.11.